The van der Waals surface area contributed by atoms with Gasteiger partial charge in [0.2, 0.25) is 15.9 Å². The molecule has 2 aliphatic rings. The lowest BCUT2D eigenvalue weighted by Crippen LogP contribution is -2.35. The first-order valence-electron chi connectivity index (χ1n) is 12.4. The number of fused-ring (bicyclic) bond motifs is 1. The fourth-order valence-corrected chi connectivity index (χ4v) is 6.59. The fraction of sp³-hybridized carbons (Fsp3) is 0.407. The van der Waals surface area contributed by atoms with Gasteiger partial charge in [-0.25, -0.2) is 13.4 Å². The number of hydrogen-bond donors (Lipinski definition) is 0. The van der Waals surface area contributed by atoms with Crippen LogP contribution in [0.1, 0.15) is 43.5 Å². The van der Waals surface area contributed by atoms with Crippen molar-refractivity contribution >= 4 is 32.5 Å². The Labute approximate surface area is 207 Å². The van der Waals surface area contributed by atoms with E-state index in [1.165, 1.54) is 11.1 Å². The van der Waals surface area contributed by atoms with Gasteiger partial charge < -0.3 is 9.47 Å². The number of carbonyl (C=O) groups is 1. The quantitative estimate of drug-likeness (QED) is 0.521. The van der Waals surface area contributed by atoms with Crippen LogP contribution >= 0.6 is 0 Å². The van der Waals surface area contributed by atoms with E-state index < -0.39 is 10.0 Å². The van der Waals surface area contributed by atoms with Gasteiger partial charge in [0.05, 0.1) is 15.9 Å². The molecule has 3 aromatic rings. The summed E-state index contributed by atoms with van der Waals surface area (Å²) in [4.78, 5) is 19.8. The summed E-state index contributed by atoms with van der Waals surface area (Å²) < 4.78 is 29.7. The summed E-state index contributed by atoms with van der Waals surface area (Å²) >= 11 is 0. The van der Waals surface area contributed by atoms with Gasteiger partial charge in [-0.1, -0.05) is 42.8 Å². The van der Waals surface area contributed by atoms with Crippen LogP contribution < -0.4 is 0 Å². The van der Waals surface area contributed by atoms with Crippen molar-refractivity contribution in [1.29, 1.82) is 0 Å². The second-order valence-electron chi connectivity index (χ2n) is 9.39. The highest BCUT2D eigenvalue weighted by atomic mass is 32.2. The Hall–Kier alpha value is -2.97. The van der Waals surface area contributed by atoms with E-state index in [0.717, 1.165) is 43.6 Å². The average molecular weight is 493 g/mol. The second kappa shape index (κ2) is 9.95. The van der Waals surface area contributed by atoms with Crippen molar-refractivity contribution in [2.24, 2.45) is 7.05 Å². The van der Waals surface area contributed by atoms with Gasteiger partial charge >= 0.3 is 0 Å². The Morgan fingerprint density at radius 1 is 1.00 bits per heavy atom. The Kier molecular flexibility index (Phi) is 6.75. The molecule has 5 rings (SSSR count). The van der Waals surface area contributed by atoms with Crippen LogP contribution in [0.3, 0.4) is 0 Å². The predicted octanol–water partition coefficient (Wildman–Crippen LogP) is 4.00. The summed E-state index contributed by atoms with van der Waals surface area (Å²) in [5, 5.41) is 0. The number of piperidine rings is 1. The van der Waals surface area contributed by atoms with Crippen LogP contribution in [0, 0.1) is 0 Å². The van der Waals surface area contributed by atoms with Crippen molar-refractivity contribution in [1.82, 2.24) is 18.8 Å². The molecule has 1 amide bonds. The summed E-state index contributed by atoms with van der Waals surface area (Å²) in [6, 6.07) is 15.5. The van der Waals surface area contributed by atoms with Crippen molar-refractivity contribution in [3.05, 3.63) is 66.0 Å². The molecular weight excluding hydrogens is 460 g/mol. The lowest BCUT2D eigenvalue weighted by molar-refractivity contribution is -0.130. The molecule has 2 aliphatic heterocycles. The minimum Gasteiger partial charge on any atom is -0.339 e. The summed E-state index contributed by atoms with van der Waals surface area (Å²) in [7, 11) is -1.58. The number of aromatic nitrogens is 2. The van der Waals surface area contributed by atoms with Crippen LogP contribution in [0.25, 0.3) is 16.6 Å². The fourth-order valence-electron chi connectivity index (χ4n) is 5.05. The Balaban J connectivity index is 1.25. The smallest absolute Gasteiger partial charge is 0.243 e. The van der Waals surface area contributed by atoms with Gasteiger partial charge in [0.25, 0.3) is 0 Å². The summed E-state index contributed by atoms with van der Waals surface area (Å²) in [6.07, 6.45) is 6.80. The molecule has 0 radical (unpaired) electrons. The minimum absolute atomic E-state index is 0.119. The zero-order valence-corrected chi connectivity index (χ0v) is 21.0. The monoisotopic (exact) mass is 492 g/mol. The van der Waals surface area contributed by atoms with E-state index in [1.807, 2.05) is 40.8 Å². The largest absolute Gasteiger partial charge is 0.339 e. The van der Waals surface area contributed by atoms with Crippen LogP contribution in [-0.2, 0) is 28.3 Å². The van der Waals surface area contributed by atoms with Crippen LogP contribution in [0.2, 0.25) is 0 Å². The molecule has 1 saturated heterocycles. The lowest BCUT2D eigenvalue weighted by atomic mass is 9.99. The van der Waals surface area contributed by atoms with Gasteiger partial charge in [0.1, 0.15) is 5.82 Å². The Morgan fingerprint density at radius 3 is 2.49 bits per heavy atom. The van der Waals surface area contributed by atoms with Crippen molar-refractivity contribution in [3.8, 4) is 0 Å². The molecule has 1 aromatic heterocycles. The third kappa shape index (κ3) is 4.90. The Morgan fingerprint density at radius 2 is 1.77 bits per heavy atom. The normalized spacial score (nSPS) is 17.5. The number of rotatable bonds is 6. The predicted molar refractivity (Wildman–Crippen MR) is 137 cm³/mol. The van der Waals surface area contributed by atoms with Crippen molar-refractivity contribution in [2.45, 2.75) is 43.4 Å². The standard InChI is InChI=1S/C27H32N4O3S/c1-29-25-11-10-23(35(33,34)31-16-6-3-7-17-31)20-24(25)28-26(29)12-13-27(32)30-18-14-22(15-19-30)21-8-4-2-5-9-21/h2,4-5,8-11,14,20H,3,6-7,12-13,15-19H2,1H3. The summed E-state index contributed by atoms with van der Waals surface area (Å²) in [5.74, 6) is 0.909. The lowest BCUT2D eigenvalue weighted by Gasteiger charge is -2.26. The van der Waals surface area contributed by atoms with Gasteiger partial charge in [-0.3, -0.25) is 4.79 Å². The zero-order chi connectivity index (χ0) is 24.4. The molecule has 0 bridgehead atoms. The third-order valence-electron chi connectivity index (χ3n) is 7.17. The van der Waals surface area contributed by atoms with E-state index in [-0.39, 0.29) is 5.91 Å². The number of carbonyl (C=O) groups excluding carboxylic acids is 1. The first-order valence-corrected chi connectivity index (χ1v) is 13.9. The van der Waals surface area contributed by atoms with Crippen molar-refractivity contribution in [3.63, 3.8) is 0 Å². The highest BCUT2D eigenvalue weighted by Crippen LogP contribution is 2.26. The van der Waals surface area contributed by atoms with E-state index in [4.69, 9.17) is 4.98 Å². The van der Waals surface area contributed by atoms with Crippen LogP contribution in [0.15, 0.2) is 59.5 Å². The molecule has 3 heterocycles. The maximum Gasteiger partial charge on any atom is 0.243 e. The molecule has 1 fully saturated rings. The molecule has 0 atom stereocenters. The topological polar surface area (TPSA) is 75.5 Å². The summed E-state index contributed by atoms with van der Waals surface area (Å²) in [6.45, 7) is 2.51. The molecule has 35 heavy (non-hydrogen) atoms. The van der Waals surface area contributed by atoms with E-state index in [9.17, 15) is 13.2 Å². The number of hydrogen-bond acceptors (Lipinski definition) is 4. The first kappa shape index (κ1) is 23.8. The third-order valence-corrected chi connectivity index (χ3v) is 9.06. The highest BCUT2D eigenvalue weighted by molar-refractivity contribution is 7.89. The van der Waals surface area contributed by atoms with Crippen molar-refractivity contribution in [2.75, 3.05) is 26.2 Å². The van der Waals surface area contributed by atoms with Crippen LogP contribution in [0.4, 0.5) is 0 Å². The molecule has 0 aliphatic carbocycles. The van der Waals surface area contributed by atoms with Crippen LogP contribution in [0.5, 0.6) is 0 Å². The molecule has 0 N–H and O–H groups in total. The number of nitrogens with zero attached hydrogens (tertiary/aromatic N) is 4. The average Bonchev–Trinajstić information content (AvgIpc) is 3.23. The maximum absolute atomic E-state index is 13.1. The molecule has 0 unspecified atom stereocenters. The minimum atomic E-state index is -3.50. The van der Waals surface area contributed by atoms with E-state index in [2.05, 4.69) is 18.2 Å². The summed E-state index contributed by atoms with van der Waals surface area (Å²) in [5.41, 5.74) is 4.04. The molecule has 7 nitrogen and oxygen atoms in total. The van der Waals surface area contributed by atoms with Gasteiger partial charge in [-0.15, -0.1) is 0 Å². The SMILES string of the molecule is Cn1c(CCC(=O)N2CC=C(c3ccccc3)CC2)nc2cc(S(=O)(=O)N3CCCCC3)ccc21. The van der Waals surface area contributed by atoms with E-state index >= 15 is 0 Å². The van der Waals surface area contributed by atoms with E-state index in [0.29, 0.717) is 42.9 Å². The second-order valence-corrected chi connectivity index (χ2v) is 11.3. The van der Waals surface area contributed by atoms with E-state index in [1.54, 1.807) is 16.4 Å². The van der Waals surface area contributed by atoms with Gasteiger partial charge in [-0.05, 0) is 48.6 Å². The highest BCUT2D eigenvalue weighted by Gasteiger charge is 2.27. The van der Waals surface area contributed by atoms with Crippen LogP contribution in [-0.4, -0.2) is 59.3 Å². The number of aryl methyl sites for hydroxylation is 2. The molecule has 184 valence electrons. The maximum atomic E-state index is 13.1. The number of imidazole rings is 1. The molecule has 0 spiro atoms. The Bertz CT molecular complexity index is 1360. The van der Waals surface area contributed by atoms with Crippen molar-refractivity contribution < 1.29 is 13.2 Å². The zero-order valence-electron chi connectivity index (χ0n) is 20.2. The first-order chi connectivity index (χ1) is 16.9. The number of amides is 1. The molecule has 8 heteroatoms. The van der Waals surface area contributed by atoms with Gasteiger partial charge in [0.15, 0.2) is 0 Å². The molecule has 0 saturated carbocycles. The number of sulfonamides is 1. The molecular formula is C27H32N4O3S. The van der Waals surface area contributed by atoms with Gasteiger partial charge in [-0.2, -0.15) is 4.31 Å². The molecule has 2 aromatic carbocycles. The number of benzene rings is 2. The van der Waals surface area contributed by atoms with Gasteiger partial charge in [0, 0.05) is 46.1 Å².